The number of aryl methyl sites for hydroxylation is 1. The normalized spacial score (nSPS) is 18.5. The molecule has 0 bridgehead atoms. The summed E-state index contributed by atoms with van der Waals surface area (Å²) in [4.78, 5) is 19.1. The maximum Gasteiger partial charge on any atom is 0.226 e. The largest absolute Gasteiger partial charge is 0.353 e. The van der Waals surface area contributed by atoms with E-state index in [1.165, 1.54) is 0 Å². The lowest BCUT2D eigenvalue weighted by Crippen LogP contribution is -2.33. The zero-order valence-electron chi connectivity index (χ0n) is 16.2. The van der Waals surface area contributed by atoms with Gasteiger partial charge in [0, 0.05) is 43.8 Å². The molecule has 1 fully saturated rings. The number of amides is 1. The molecule has 29 heavy (non-hydrogen) atoms. The smallest absolute Gasteiger partial charge is 0.226 e. The van der Waals surface area contributed by atoms with E-state index in [0.717, 1.165) is 17.1 Å². The Balaban J connectivity index is 1.53. The molecule has 0 aliphatic carbocycles. The van der Waals surface area contributed by atoms with E-state index < -0.39 is 0 Å². The highest BCUT2D eigenvalue weighted by Crippen LogP contribution is 2.38. The molecule has 0 saturated carbocycles. The van der Waals surface area contributed by atoms with Gasteiger partial charge in [0.2, 0.25) is 5.91 Å². The van der Waals surface area contributed by atoms with Gasteiger partial charge in [0.1, 0.15) is 0 Å². The summed E-state index contributed by atoms with van der Waals surface area (Å²) in [5.74, 6) is -0.0362. The molecule has 6 nitrogen and oxygen atoms in total. The van der Waals surface area contributed by atoms with Crippen molar-refractivity contribution in [3.8, 4) is 0 Å². The highest BCUT2D eigenvalue weighted by atomic mass is 32.1. The van der Waals surface area contributed by atoms with E-state index in [4.69, 9.17) is 12.2 Å². The Morgan fingerprint density at radius 3 is 2.62 bits per heavy atom. The molecule has 2 aromatic heterocycles. The van der Waals surface area contributed by atoms with Gasteiger partial charge in [0.05, 0.1) is 17.8 Å². The molecule has 3 aromatic rings. The minimum absolute atomic E-state index is 0.0362. The molecular formula is C22H23N5OS. The predicted molar refractivity (Wildman–Crippen MR) is 117 cm³/mol. The molecule has 1 aromatic carbocycles. The van der Waals surface area contributed by atoms with Crippen LogP contribution in [0.4, 0.5) is 5.69 Å². The number of hydrogen-bond donors (Lipinski definition) is 2. The van der Waals surface area contributed by atoms with Gasteiger partial charge in [-0.1, -0.05) is 24.3 Å². The number of hydrogen-bond acceptors (Lipinski definition) is 3. The van der Waals surface area contributed by atoms with Crippen LogP contribution in [-0.2, 0) is 11.8 Å². The van der Waals surface area contributed by atoms with Crippen molar-refractivity contribution in [1.82, 2.24) is 19.8 Å². The van der Waals surface area contributed by atoms with E-state index >= 15 is 0 Å². The van der Waals surface area contributed by atoms with E-state index in [1.807, 2.05) is 67.8 Å². The number of benzene rings is 1. The molecule has 0 spiro atoms. The Labute approximate surface area is 175 Å². The zero-order valence-corrected chi connectivity index (χ0v) is 17.0. The van der Waals surface area contributed by atoms with E-state index in [1.54, 1.807) is 6.20 Å². The van der Waals surface area contributed by atoms with Crippen molar-refractivity contribution in [2.45, 2.75) is 18.5 Å². The Hall–Kier alpha value is -3.19. The van der Waals surface area contributed by atoms with Crippen molar-refractivity contribution in [1.29, 1.82) is 0 Å². The molecule has 3 heterocycles. The maximum absolute atomic E-state index is 12.5. The SMILES string of the molecule is Cn1cccc1[C@H]1[C@@H](c2ccccn2)NC(=S)N1CCC(=O)Nc1ccccc1. The van der Waals surface area contributed by atoms with Crippen LogP contribution in [0.3, 0.4) is 0 Å². The van der Waals surface area contributed by atoms with E-state index in [9.17, 15) is 4.79 Å². The molecule has 4 rings (SSSR count). The summed E-state index contributed by atoms with van der Waals surface area (Å²) in [6, 6.07) is 19.4. The van der Waals surface area contributed by atoms with Gasteiger partial charge in [-0.25, -0.2) is 0 Å². The minimum atomic E-state index is -0.0746. The quantitative estimate of drug-likeness (QED) is 0.616. The monoisotopic (exact) mass is 405 g/mol. The summed E-state index contributed by atoms with van der Waals surface area (Å²) in [5, 5.41) is 6.99. The van der Waals surface area contributed by atoms with Gasteiger partial charge in [-0.05, 0) is 48.6 Å². The number of thiocarbonyl (C=S) groups is 1. The lowest BCUT2D eigenvalue weighted by Gasteiger charge is -2.28. The first kappa shape index (κ1) is 19.1. The van der Waals surface area contributed by atoms with Gasteiger partial charge in [-0.2, -0.15) is 0 Å². The van der Waals surface area contributed by atoms with Gasteiger partial charge in [0.15, 0.2) is 5.11 Å². The second-order valence-corrected chi connectivity index (χ2v) is 7.41. The fourth-order valence-electron chi connectivity index (χ4n) is 3.72. The molecule has 1 saturated heterocycles. The number of nitrogens with one attached hydrogen (secondary N) is 2. The molecule has 1 aliphatic rings. The average Bonchev–Trinajstić information content (AvgIpc) is 3.30. The number of anilines is 1. The second kappa shape index (κ2) is 8.45. The summed E-state index contributed by atoms with van der Waals surface area (Å²) in [6.45, 7) is 0.518. The van der Waals surface area contributed by atoms with Crippen LogP contribution in [0.15, 0.2) is 73.1 Å². The first-order valence-corrected chi connectivity index (χ1v) is 9.98. The number of rotatable bonds is 6. The number of pyridine rings is 1. The zero-order chi connectivity index (χ0) is 20.2. The second-order valence-electron chi connectivity index (χ2n) is 7.03. The van der Waals surface area contributed by atoms with Crippen LogP contribution >= 0.6 is 12.2 Å². The van der Waals surface area contributed by atoms with Gasteiger partial charge in [-0.15, -0.1) is 0 Å². The first-order valence-electron chi connectivity index (χ1n) is 9.57. The van der Waals surface area contributed by atoms with Crippen molar-refractivity contribution in [2.75, 3.05) is 11.9 Å². The first-order chi connectivity index (χ1) is 14.1. The van der Waals surface area contributed by atoms with Gasteiger partial charge >= 0.3 is 0 Å². The van der Waals surface area contributed by atoms with Crippen molar-refractivity contribution in [3.05, 3.63) is 84.4 Å². The highest BCUT2D eigenvalue weighted by Gasteiger charge is 2.40. The van der Waals surface area contributed by atoms with E-state index in [-0.39, 0.29) is 18.0 Å². The molecule has 2 N–H and O–H groups in total. The molecule has 0 radical (unpaired) electrons. The van der Waals surface area contributed by atoms with Gasteiger partial charge < -0.3 is 20.1 Å². The standard InChI is InChI=1S/C22H23N5OS/c1-26-14-7-11-18(26)21-20(17-10-5-6-13-23-17)25-22(29)27(21)15-12-19(28)24-16-8-3-2-4-9-16/h2-11,13-14,20-21H,12,15H2,1H3,(H,24,28)(H,25,29)/t20-,21+/m1/s1. The third kappa shape index (κ3) is 4.14. The Morgan fingerprint density at radius 2 is 1.93 bits per heavy atom. The number of para-hydroxylation sites is 1. The van der Waals surface area contributed by atoms with Crippen molar-refractivity contribution in [2.24, 2.45) is 7.05 Å². The van der Waals surface area contributed by atoms with Crippen LogP contribution < -0.4 is 10.6 Å². The third-order valence-electron chi connectivity index (χ3n) is 5.12. The Kier molecular flexibility index (Phi) is 5.57. The van der Waals surface area contributed by atoms with Crippen molar-refractivity contribution >= 4 is 28.9 Å². The Morgan fingerprint density at radius 1 is 1.14 bits per heavy atom. The minimum Gasteiger partial charge on any atom is -0.353 e. The lowest BCUT2D eigenvalue weighted by atomic mass is 10.0. The number of aromatic nitrogens is 2. The maximum atomic E-state index is 12.5. The van der Waals surface area contributed by atoms with Crippen LogP contribution in [0.25, 0.3) is 0 Å². The summed E-state index contributed by atoms with van der Waals surface area (Å²) >= 11 is 5.64. The number of nitrogens with zero attached hydrogens (tertiary/aromatic N) is 3. The van der Waals surface area contributed by atoms with E-state index in [0.29, 0.717) is 18.1 Å². The van der Waals surface area contributed by atoms with Gasteiger partial charge in [0.25, 0.3) is 0 Å². The molecule has 0 unspecified atom stereocenters. The summed E-state index contributed by atoms with van der Waals surface area (Å²) in [5.41, 5.74) is 2.85. The summed E-state index contributed by atoms with van der Waals surface area (Å²) in [7, 11) is 2.02. The van der Waals surface area contributed by atoms with Crippen LogP contribution in [-0.4, -0.2) is 32.0 Å². The van der Waals surface area contributed by atoms with Gasteiger partial charge in [-0.3, -0.25) is 9.78 Å². The van der Waals surface area contributed by atoms with Crippen LogP contribution in [0.5, 0.6) is 0 Å². The highest BCUT2D eigenvalue weighted by molar-refractivity contribution is 7.80. The third-order valence-corrected chi connectivity index (χ3v) is 5.47. The predicted octanol–water partition coefficient (Wildman–Crippen LogP) is 3.42. The van der Waals surface area contributed by atoms with Crippen molar-refractivity contribution in [3.63, 3.8) is 0 Å². The molecule has 7 heteroatoms. The van der Waals surface area contributed by atoms with Crippen molar-refractivity contribution < 1.29 is 4.79 Å². The van der Waals surface area contributed by atoms with E-state index in [2.05, 4.69) is 31.2 Å². The molecule has 148 valence electrons. The Bertz CT molecular complexity index is 989. The fourth-order valence-corrected chi connectivity index (χ4v) is 4.05. The molecule has 1 aliphatic heterocycles. The fraction of sp³-hybridized carbons (Fsp3) is 0.227. The summed E-state index contributed by atoms with van der Waals surface area (Å²) < 4.78 is 2.09. The van der Waals surface area contributed by atoms with Crippen LogP contribution in [0.2, 0.25) is 0 Å². The number of carbonyl (C=O) groups is 1. The van der Waals surface area contributed by atoms with Crippen LogP contribution in [0, 0.1) is 0 Å². The van der Waals surface area contributed by atoms with Crippen LogP contribution in [0.1, 0.15) is 29.9 Å². The number of carbonyl (C=O) groups excluding carboxylic acids is 1. The lowest BCUT2D eigenvalue weighted by molar-refractivity contribution is -0.116. The molecule has 2 atom stereocenters. The molecular weight excluding hydrogens is 382 g/mol. The molecule has 1 amide bonds. The average molecular weight is 406 g/mol. The summed E-state index contributed by atoms with van der Waals surface area (Å²) in [6.07, 6.45) is 4.15. The topological polar surface area (TPSA) is 62.2 Å².